The first kappa shape index (κ1) is 9.68. The molecule has 2 saturated carbocycles. The molecule has 2 rings (SSSR count). The van der Waals surface area contributed by atoms with E-state index in [0.717, 1.165) is 17.4 Å². The van der Waals surface area contributed by atoms with Gasteiger partial charge in [-0.15, -0.1) is 0 Å². The van der Waals surface area contributed by atoms with Gasteiger partial charge in [-0.1, -0.05) is 12.8 Å². The van der Waals surface area contributed by atoms with Crippen LogP contribution < -0.4 is 0 Å². The summed E-state index contributed by atoms with van der Waals surface area (Å²) in [7, 11) is 1.82. The second-order valence-corrected chi connectivity index (χ2v) is 8.30. The molecular weight excluding hydrogens is 180 g/mol. The standard InChI is InChI=1S/C10H20O2Si/c1-11-13(3,12-2)10-7-8-4-5-9(10)6-8/h8-10H,4-7H2,1-3H3. The Morgan fingerprint density at radius 1 is 1.08 bits per heavy atom. The quantitative estimate of drug-likeness (QED) is 0.652. The number of fused-ring (bicyclic) bond motifs is 2. The lowest BCUT2D eigenvalue weighted by Gasteiger charge is -2.34. The van der Waals surface area contributed by atoms with Gasteiger partial charge in [-0.2, -0.15) is 0 Å². The molecular formula is C10H20O2Si. The van der Waals surface area contributed by atoms with E-state index in [9.17, 15) is 0 Å². The molecule has 2 fully saturated rings. The van der Waals surface area contributed by atoms with Crippen molar-refractivity contribution in [3.63, 3.8) is 0 Å². The van der Waals surface area contributed by atoms with E-state index in [1.807, 2.05) is 14.2 Å². The highest BCUT2D eigenvalue weighted by molar-refractivity contribution is 6.67. The van der Waals surface area contributed by atoms with Crippen LogP contribution >= 0.6 is 0 Å². The Labute approximate surface area is 81.9 Å². The molecule has 0 amide bonds. The molecule has 3 unspecified atom stereocenters. The van der Waals surface area contributed by atoms with Crippen molar-refractivity contribution in [2.75, 3.05) is 14.2 Å². The van der Waals surface area contributed by atoms with E-state index < -0.39 is 8.56 Å². The van der Waals surface area contributed by atoms with E-state index in [1.54, 1.807) is 0 Å². The third kappa shape index (κ3) is 1.47. The summed E-state index contributed by atoms with van der Waals surface area (Å²) in [6, 6.07) is 0. The van der Waals surface area contributed by atoms with Crippen LogP contribution in [0.4, 0.5) is 0 Å². The van der Waals surface area contributed by atoms with Gasteiger partial charge in [-0.3, -0.25) is 0 Å². The van der Waals surface area contributed by atoms with Crippen LogP contribution in [0, 0.1) is 11.8 Å². The van der Waals surface area contributed by atoms with E-state index >= 15 is 0 Å². The second-order valence-electron chi connectivity index (χ2n) is 4.71. The molecule has 13 heavy (non-hydrogen) atoms. The lowest BCUT2D eigenvalue weighted by Crippen LogP contribution is -2.43. The van der Waals surface area contributed by atoms with Gasteiger partial charge in [0.2, 0.25) is 0 Å². The molecule has 0 spiro atoms. The van der Waals surface area contributed by atoms with E-state index in [-0.39, 0.29) is 0 Å². The molecule has 2 bridgehead atoms. The zero-order valence-electron chi connectivity index (χ0n) is 8.88. The third-order valence-corrected chi connectivity index (χ3v) is 7.90. The van der Waals surface area contributed by atoms with Crippen molar-refractivity contribution < 1.29 is 8.85 Å². The van der Waals surface area contributed by atoms with Crippen molar-refractivity contribution in [2.45, 2.75) is 37.8 Å². The van der Waals surface area contributed by atoms with Crippen LogP contribution in [-0.4, -0.2) is 22.8 Å². The lowest BCUT2D eigenvalue weighted by molar-refractivity contribution is 0.220. The SMILES string of the molecule is CO[Si](C)(OC)C1CC2CCC1C2. The van der Waals surface area contributed by atoms with Gasteiger partial charge in [0.1, 0.15) is 0 Å². The summed E-state index contributed by atoms with van der Waals surface area (Å²) < 4.78 is 11.3. The fourth-order valence-corrected chi connectivity index (χ4v) is 5.97. The summed E-state index contributed by atoms with van der Waals surface area (Å²) in [4.78, 5) is 0. The predicted molar refractivity (Wildman–Crippen MR) is 54.8 cm³/mol. The minimum absolute atomic E-state index is 0.765. The second kappa shape index (κ2) is 3.37. The van der Waals surface area contributed by atoms with Crippen LogP contribution in [0.1, 0.15) is 25.7 Å². The van der Waals surface area contributed by atoms with Gasteiger partial charge in [0.25, 0.3) is 0 Å². The summed E-state index contributed by atoms with van der Waals surface area (Å²) in [6.45, 7) is 2.22. The van der Waals surface area contributed by atoms with Crippen LogP contribution in [0.15, 0.2) is 0 Å². The van der Waals surface area contributed by atoms with Crippen LogP contribution in [-0.2, 0) is 8.85 Å². The highest BCUT2D eigenvalue weighted by atomic mass is 28.4. The molecule has 3 atom stereocenters. The molecule has 0 aromatic heterocycles. The van der Waals surface area contributed by atoms with Crippen LogP contribution in [0.5, 0.6) is 0 Å². The zero-order chi connectivity index (χ0) is 9.47. The maximum Gasteiger partial charge on any atom is 0.337 e. The first-order chi connectivity index (χ1) is 6.19. The van der Waals surface area contributed by atoms with Gasteiger partial charge in [0.05, 0.1) is 0 Å². The van der Waals surface area contributed by atoms with Crippen molar-refractivity contribution in [3.8, 4) is 0 Å². The number of rotatable bonds is 3. The van der Waals surface area contributed by atoms with Gasteiger partial charge in [-0.25, -0.2) is 0 Å². The molecule has 0 aliphatic heterocycles. The number of hydrogen-bond donors (Lipinski definition) is 0. The Morgan fingerprint density at radius 2 is 1.77 bits per heavy atom. The Hall–Kier alpha value is 0.137. The molecule has 2 nitrogen and oxygen atoms in total. The van der Waals surface area contributed by atoms with Crippen LogP contribution in [0.2, 0.25) is 12.1 Å². The first-order valence-corrected chi connectivity index (χ1v) is 7.69. The normalized spacial score (nSPS) is 38.5. The van der Waals surface area contributed by atoms with Gasteiger partial charge >= 0.3 is 8.56 Å². The van der Waals surface area contributed by atoms with E-state index in [4.69, 9.17) is 8.85 Å². The summed E-state index contributed by atoms with van der Waals surface area (Å²) in [5, 5.41) is 0. The van der Waals surface area contributed by atoms with E-state index in [0.29, 0.717) is 0 Å². The summed E-state index contributed by atoms with van der Waals surface area (Å²) >= 11 is 0. The molecule has 3 heteroatoms. The minimum Gasteiger partial charge on any atom is -0.398 e. The molecule has 0 N–H and O–H groups in total. The Balaban J connectivity index is 2.08. The van der Waals surface area contributed by atoms with Crippen LogP contribution in [0.3, 0.4) is 0 Å². The average molecular weight is 200 g/mol. The maximum atomic E-state index is 5.64. The predicted octanol–water partition coefficient (Wildman–Crippen LogP) is 2.54. The van der Waals surface area contributed by atoms with E-state index in [2.05, 4.69) is 6.55 Å². The van der Waals surface area contributed by atoms with Crippen molar-refractivity contribution >= 4 is 8.56 Å². The minimum atomic E-state index is -1.82. The first-order valence-electron chi connectivity index (χ1n) is 5.30. The lowest BCUT2D eigenvalue weighted by atomic mass is 10.0. The molecule has 0 saturated heterocycles. The summed E-state index contributed by atoms with van der Waals surface area (Å²) in [5.74, 6) is 1.91. The van der Waals surface area contributed by atoms with Gasteiger partial charge in [-0.05, 0) is 31.2 Å². The number of hydrogen-bond acceptors (Lipinski definition) is 2. The smallest absolute Gasteiger partial charge is 0.337 e. The molecule has 0 heterocycles. The van der Waals surface area contributed by atoms with E-state index in [1.165, 1.54) is 25.7 Å². The zero-order valence-corrected chi connectivity index (χ0v) is 9.88. The summed E-state index contributed by atoms with van der Waals surface area (Å²) in [6.07, 6.45) is 5.69. The Morgan fingerprint density at radius 3 is 2.15 bits per heavy atom. The van der Waals surface area contributed by atoms with Crippen molar-refractivity contribution in [1.29, 1.82) is 0 Å². The molecule has 0 radical (unpaired) electrons. The molecule has 0 aromatic carbocycles. The molecule has 2 aliphatic carbocycles. The molecule has 2 aliphatic rings. The monoisotopic (exact) mass is 200 g/mol. The van der Waals surface area contributed by atoms with Crippen molar-refractivity contribution in [2.24, 2.45) is 11.8 Å². The highest BCUT2D eigenvalue weighted by Crippen LogP contribution is 2.55. The van der Waals surface area contributed by atoms with Gasteiger partial charge < -0.3 is 8.85 Å². The molecule has 0 aromatic rings. The highest BCUT2D eigenvalue weighted by Gasteiger charge is 2.51. The Kier molecular flexibility index (Phi) is 2.51. The van der Waals surface area contributed by atoms with Crippen molar-refractivity contribution in [3.05, 3.63) is 0 Å². The largest absolute Gasteiger partial charge is 0.398 e. The topological polar surface area (TPSA) is 18.5 Å². The maximum absolute atomic E-state index is 5.64. The van der Waals surface area contributed by atoms with Crippen molar-refractivity contribution in [1.82, 2.24) is 0 Å². The van der Waals surface area contributed by atoms with Crippen LogP contribution in [0.25, 0.3) is 0 Å². The van der Waals surface area contributed by atoms with Gasteiger partial charge in [0.15, 0.2) is 0 Å². The molecule has 76 valence electrons. The fraction of sp³-hybridized carbons (Fsp3) is 1.00. The Bertz CT molecular complexity index is 191. The summed E-state index contributed by atoms with van der Waals surface area (Å²) in [5.41, 5.74) is 0.765. The third-order valence-electron chi connectivity index (χ3n) is 4.22. The average Bonchev–Trinajstić information content (AvgIpc) is 2.77. The van der Waals surface area contributed by atoms with Gasteiger partial charge in [0, 0.05) is 19.8 Å². The fourth-order valence-electron chi connectivity index (χ4n) is 3.27.